The number of nitrogens with one attached hydrogen (secondary N) is 1. The molecule has 1 aliphatic heterocycles. The Balaban J connectivity index is 1.33. The van der Waals surface area contributed by atoms with Crippen molar-refractivity contribution in [1.82, 2.24) is 9.97 Å². The zero-order valence-electron chi connectivity index (χ0n) is 16.3. The maximum atomic E-state index is 12.8. The van der Waals surface area contributed by atoms with Crippen LogP contribution in [0.1, 0.15) is 23.6 Å². The molecule has 0 saturated heterocycles. The highest BCUT2D eigenvalue weighted by atomic mass is 32.2. The van der Waals surface area contributed by atoms with Crippen molar-refractivity contribution < 1.29 is 9.21 Å². The van der Waals surface area contributed by atoms with E-state index in [4.69, 9.17) is 4.42 Å². The number of benzene rings is 1. The molecule has 1 aliphatic rings. The molecule has 30 heavy (non-hydrogen) atoms. The fourth-order valence-corrected chi connectivity index (χ4v) is 5.47. The van der Waals surface area contributed by atoms with Gasteiger partial charge in [-0.25, -0.2) is 4.98 Å². The summed E-state index contributed by atoms with van der Waals surface area (Å²) in [6, 6.07) is 11.7. The van der Waals surface area contributed by atoms with Gasteiger partial charge in [-0.05, 0) is 37.1 Å². The minimum absolute atomic E-state index is 0.0801. The average Bonchev–Trinajstić information content (AvgIpc) is 3.50. The molecule has 0 aliphatic carbocycles. The van der Waals surface area contributed by atoms with Crippen molar-refractivity contribution in [3.8, 4) is 11.3 Å². The van der Waals surface area contributed by atoms with Crippen molar-refractivity contribution in [2.24, 2.45) is 0 Å². The number of anilines is 1. The quantitative estimate of drug-likeness (QED) is 0.493. The van der Waals surface area contributed by atoms with Crippen molar-refractivity contribution in [1.29, 1.82) is 0 Å². The Kier molecular flexibility index (Phi) is 4.96. The summed E-state index contributed by atoms with van der Waals surface area (Å²) in [5.41, 5.74) is 2.79. The Morgan fingerprint density at radius 2 is 2.20 bits per heavy atom. The molecule has 1 aromatic carbocycles. The molecule has 1 unspecified atom stereocenters. The predicted molar refractivity (Wildman–Crippen MR) is 121 cm³/mol. The second kappa shape index (κ2) is 7.77. The first kappa shape index (κ1) is 19.1. The number of hydrogen-bond acceptors (Lipinski definition) is 6. The number of hydrogen-bond donors (Lipinski definition) is 1. The second-order valence-electron chi connectivity index (χ2n) is 7.14. The number of H-pyrrole nitrogens is 1. The maximum Gasteiger partial charge on any atom is 0.260 e. The van der Waals surface area contributed by atoms with Crippen molar-refractivity contribution in [3.63, 3.8) is 0 Å². The second-order valence-corrected chi connectivity index (χ2v) is 9.32. The molecule has 0 radical (unpaired) electrons. The van der Waals surface area contributed by atoms with Crippen LogP contribution >= 0.6 is 23.1 Å². The van der Waals surface area contributed by atoms with Crippen LogP contribution in [0.5, 0.6) is 0 Å². The van der Waals surface area contributed by atoms with E-state index >= 15 is 0 Å². The summed E-state index contributed by atoms with van der Waals surface area (Å²) in [6.07, 6.45) is 2.48. The first-order chi connectivity index (χ1) is 14.6. The van der Waals surface area contributed by atoms with E-state index in [1.165, 1.54) is 28.7 Å². The summed E-state index contributed by atoms with van der Waals surface area (Å²) in [6.45, 7) is 2.68. The molecule has 5 rings (SSSR count). The summed E-state index contributed by atoms with van der Waals surface area (Å²) < 4.78 is 5.44. The fourth-order valence-electron chi connectivity index (χ4n) is 3.72. The molecule has 152 valence electrons. The van der Waals surface area contributed by atoms with Crippen LogP contribution in [-0.4, -0.2) is 28.2 Å². The zero-order valence-corrected chi connectivity index (χ0v) is 17.9. The number of aromatic amines is 1. The number of furan rings is 1. The lowest BCUT2D eigenvalue weighted by Gasteiger charge is -2.18. The molecule has 3 aromatic heterocycles. The summed E-state index contributed by atoms with van der Waals surface area (Å²) in [5, 5.41) is 2.32. The van der Waals surface area contributed by atoms with Gasteiger partial charge in [0.2, 0.25) is 5.91 Å². The van der Waals surface area contributed by atoms with Crippen LogP contribution in [0.4, 0.5) is 5.69 Å². The SMILES string of the molecule is CC(SCC(=O)N1CCc2ccccc21)c1nc2scc(-c3ccco3)c2c(=O)[nH]1. The van der Waals surface area contributed by atoms with Crippen molar-refractivity contribution in [2.45, 2.75) is 18.6 Å². The van der Waals surface area contributed by atoms with E-state index in [-0.39, 0.29) is 16.7 Å². The van der Waals surface area contributed by atoms with Gasteiger partial charge < -0.3 is 14.3 Å². The van der Waals surface area contributed by atoms with Gasteiger partial charge in [-0.15, -0.1) is 23.1 Å². The Labute approximate surface area is 180 Å². The molecule has 0 fully saturated rings. The summed E-state index contributed by atoms with van der Waals surface area (Å²) in [5.74, 6) is 1.65. The molecular weight excluding hydrogens is 418 g/mol. The monoisotopic (exact) mass is 437 g/mol. The minimum atomic E-state index is -0.185. The molecular formula is C22H19N3O3S2. The van der Waals surface area contributed by atoms with Gasteiger partial charge in [0, 0.05) is 23.2 Å². The Morgan fingerprint density at radius 1 is 1.33 bits per heavy atom. The number of para-hydroxylation sites is 1. The first-order valence-electron chi connectivity index (χ1n) is 9.67. The molecule has 6 nitrogen and oxygen atoms in total. The van der Waals surface area contributed by atoms with Gasteiger partial charge in [-0.1, -0.05) is 18.2 Å². The lowest BCUT2D eigenvalue weighted by atomic mass is 10.2. The van der Waals surface area contributed by atoms with E-state index in [2.05, 4.69) is 16.0 Å². The first-order valence-corrected chi connectivity index (χ1v) is 11.6. The van der Waals surface area contributed by atoms with Crippen LogP contribution in [0.25, 0.3) is 21.5 Å². The number of thioether (sulfide) groups is 1. The van der Waals surface area contributed by atoms with Crippen LogP contribution in [0.2, 0.25) is 0 Å². The smallest absolute Gasteiger partial charge is 0.260 e. The fraction of sp³-hybridized carbons (Fsp3) is 0.227. The van der Waals surface area contributed by atoms with Crippen LogP contribution in [0, 0.1) is 0 Å². The van der Waals surface area contributed by atoms with Gasteiger partial charge in [-0.2, -0.15) is 0 Å². The molecule has 0 bridgehead atoms. The average molecular weight is 438 g/mol. The van der Waals surface area contributed by atoms with Gasteiger partial charge in [0.05, 0.1) is 22.7 Å². The number of carbonyl (C=O) groups is 1. The number of amides is 1. The lowest BCUT2D eigenvalue weighted by molar-refractivity contribution is -0.116. The third-order valence-corrected chi connectivity index (χ3v) is 7.29. The zero-order chi connectivity index (χ0) is 20.7. The van der Waals surface area contributed by atoms with E-state index in [1.54, 1.807) is 12.3 Å². The third kappa shape index (κ3) is 3.36. The number of fused-ring (bicyclic) bond motifs is 2. The Hall–Kier alpha value is -2.84. The van der Waals surface area contributed by atoms with E-state index < -0.39 is 0 Å². The molecule has 4 aromatic rings. The van der Waals surface area contributed by atoms with Gasteiger partial charge in [-0.3, -0.25) is 9.59 Å². The van der Waals surface area contributed by atoms with E-state index in [9.17, 15) is 9.59 Å². The number of thiophene rings is 1. The predicted octanol–water partition coefficient (Wildman–Crippen LogP) is 4.63. The topological polar surface area (TPSA) is 79.2 Å². The van der Waals surface area contributed by atoms with Crippen LogP contribution in [0.15, 0.2) is 57.3 Å². The summed E-state index contributed by atoms with van der Waals surface area (Å²) >= 11 is 2.90. The van der Waals surface area contributed by atoms with Crippen molar-refractivity contribution in [2.75, 3.05) is 17.2 Å². The van der Waals surface area contributed by atoms with E-state index in [0.29, 0.717) is 27.6 Å². The minimum Gasteiger partial charge on any atom is -0.464 e. The third-order valence-electron chi connectivity index (χ3n) is 5.28. The highest BCUT2D eigenvalue weighted by Crippen LogP contribution is 2.34. The van der Waals surface area contributed by atoms with Crippen LogP contribution in [-0.2, 0) is 11.2 Å². The molecule has 4 heterocycles. The standard InChI is InChI=1S/C22H19N3O3S2/c1-13(29-12-18(26)25-9-8-14-5-2-3-6-16(14)25)20-23-21(27)19-15(11-30-22(19)24-20)17-7-4-10-28-17/h2-7,10-11,13H,8-9,12H2,1H3,(H,23,24,27). The molecule has 0 spiro atoms. The Morgan fingerprint density at radius 3 is 3.03 bits per heavy atom. The number of aromatic nitrogens is 2. The largest absolute Gasteiger partial charge is 0.464 e. The van der Waals surface area contributed by atoms with E-state index in [0.717, 1.165) is 24.2 Å². The molecule has 8 heteroatoms. The van der Waals surface area contributed by atoms with Gasteiger partial charge in [0.25, 0.3) is 5.56 Å². The highest BCUT2D eigenvalue weighted by Gasteiger charge is 2.25. The molecule has 1 N–H and O–H groups in total. The van der Waals surface area contributed by atoms with Gasteiger partial charge in [0.15, 0.2) is 0 Å². The van der Waals surface area contributed by atoms with Gasteiger partial charge >= 0.3 is 0 Å². The molecule has 1 atom stereocenters. The van der Waals surface area contributed by atoms with Gasteiger partial charge in [0.1, 0.15) is 16.4 Å². The summed E-state index contributed by atoms with van der Waals surface area (Å²) in [7, 11) is 0. The van der Waals surface area contributed by atoms with Crippen molar-refractivity contribution >= 4 is 44.9 Å². The number of rotatable bonds is 5. The van der Waals surface area contributed by atoms with Crippen molar-refractivity contribution in [3.05, 3.63) is 69.8 Å². The lowest BCUT2D eigenvalue weighted by Crippen LogP contribution is -2.30. The molecule has 0 saturated carbocycles. The maximum absolute atomic E-state index is 12.8. The summed E-state index contributed by atoms with van der Waals surface area (Å²) in [4.78, 5) is 35.6. The number of carbonyl (C=O) groups excluding carboxylic acids is 1. The normalized spacial score (nSPS) is 14.2. The Bertz CT molecular complexity index is 1280. The molecule has 1 amide bonds. The van der Waals surface area contributed by atoms with E-state index in [1.807, 2.05) is 41.5 Å². The number of nitrogens with zero attached hydrogens (tertiary/aromatic N) is 2. The van der Waals surface area contributed by atoms with Crippen LogP contribution < -0.4 is 10.5 Å². The highest BCUT2D eigenvalue weighted by molar-refractivity contribution is 8.00. The van der Waals surface area contributed by atoms with Crippen LogP contribution in [0.3, 0.4) is 0 Å².